The zero-order valence-corrected chi connectivity index (χ0v) is 15.7. The summed E-state index contributed by atoms with van der Waals surface area (Å²) in [7, 11) is -1.55. The lowest BCUT2D eigenvalue weighted by atomic mass is 9.83. The van der Waals surface area contributed by atoms with E-state index in [0.29, 0.717) is 11.1 Å². The molecule has 9 heteroatoms. The molecule has 1 heterocycles. The number of benzene rings is 2. The maximum atomic E-state index is 13.3. The van der Waals surface area contributed by atoms with Crippen molar-refractivity contribution in [3.8, 4) is 0 Å². The van der Waals surface area contributed by atoms with E-state index in [1.807, 2.05) is 12.1 Å². The maximum Gasteiger partial charge on any atom is 0.475 e. The van der Waals surface area contributed by atoms with E-state index >= 15 is 0 Å². The second-order valence-corrected chi connectivity index (χ2v) is 7.60. The van der Waals surface area contributed by atoms with Crippen LogP contribution in [0.5, 0.6) is 0 Å². The number of amides is 3. The highest BCUT2D eigenvalue weighted by atomic mass is 31.2. The first kappa shape index (κ1) is 19.3. The lowest BCUT2D eigenvalue weighted by Crippen LogP contribution is -2.45. The van der Waals surface area contributed by atoms with E-state index in [-0.39, 0.29) is 0 Å². The minimum absolute atomic E-state index is 0.552. The predicted octanol–water partition coefficient (Wildman–Crippen LogP) is 2.86. The third-order valence-corrected chi connectivity index (χ3v) is 5.64. The van der Waals surface area contributed by atoms with Gasteiger partial charge in [-0.25, -0.2) is 14.3 Å². The Balaban J connectivity index is 2.00. The van der Waals surface area contributed by atoms with Gasteiger partial charge in [0.25, 0.3) is 5.91 Å². The summed E-state index contributed by atoms with van der Waals surface area (Å²) in [5, 5.41) is 2.76. The molecule has 1 saturated heterocycles. The first-order valence-electron chi connectivity index (χ1n) is 8.08. The second-order valence-electron chi connectivity index (χ2n) is 5.72. The molecule has 0 spiro atoms. The van der Waals surface area contributed by atoms with Gasteiger partial charge >= 0.3 is 13.9 Å². The molecule has 0 radical (unpaired) electrons. The lowest BCUT2D eigenvalue weighted by molar-refractivity contribution is -0.132. The molecule has 0 atom stereocenters. The van der Waals surface area contributed by atoms with Crippen molar-refractivity contribution in [3.63, 3.8) is 0 Å². The number of carbonyl (C=O) groups is 2. The van der Waals surface area contributed by atoms with Gasteiger partial charge in [0.05, 0.1) is 0 Å². The fourth-order valence-electron chi connectivity index (χ4n) is 2.94. The number of hydrogen-bond acceptors (Lipinski definition) is 6. The van der Waals surface area contributed by atoms with Gasteiger partial charge in [-0.3, -0.25) is 18.4 Å². The van der Waals surface area contributed by atoms with Crippen molar-refractivity contribution in [2.45, 2.75) is 5.54 Å². The fraction of sp³-hybridized carbons (Fsp3) is 0.222. The molecule has 0 saturated carbocycles. The first-order chi connectivity index (χ1) is 13.0. The molecule has 0 aliphatic carbocycles. The summed E-state index contributed by atoms with van der Waals surface area (Å²) < 4.78 is 26.5. The number of hydrogen-bond donors (Lipinski definition) is 1. The Morgan fingerprint density at radius 3 is 1.85 bits per heavy atom. The summed E-state index contributed by atoms with van der Waals surface area (Å²) in [6.45, 7) is -0.578. The van der Waals surface area contributed by atoms with Gasteiger partial charge in [0.1, 0.15) is 6.73 Å². The molecule has 27 heavy (non-hydrogen) atoms. The van der Waals surface area contributed by atoms with E-state index in [4.69, 9.17) is 4.52 Å². The van der Waals surface area contributed by atoms with Gasteiger partial charge in [0.2, 0.25) is 0 Å². The topological polar surface area (TPSA) is 94.2 Å². The van der Waals surface area contributed by atoms with Crippen LogP contribution in [-0.2, 0) is 28.5 Å². The van der Waals surface area contributed by atoms with Crippen LogP contribution in [0, 0.1) is 0 Å². The van der Waals surface area contributed by atoms with Crippen molar-refractivity contribution in [1.82, 2.24) is 10.2 Å². The molecule has 3 rings (SSSR count). The Morgan fingerprint density at radius 2 is 1.41 bits per heavy atom. The quantitative estimate of drug-likeness (QED) is 0.577. The van der Waals surface area contributed by atoms with E-state index in [9.17, 15) is 14.2 Å². The fourth-order valence-corrected chi connectivity index (χ4v) is 3.55. The molecule has 142 valence electrons. The van der Waals surface area contributed by atoms with Crippen molar-refractivity contribution >= 4 is 19.8 Å². The van der Waals surface area contributed by atoms with Gasteiger partial charge in [0, 0.05) is 14.2 Å². The monoisotopic (exact) mass is 390 g/mol. The smallest absolute Gasteiger partial charge is 0.315 e. The number of nitrogens with zero attached hydrogens (tertiary/aromatic N) is 1. The average Bonchev–Trinajstić information content (AvgIpc) is 2.98. The van der Waals surface area contributed by atoms with E-state index in [1.165, 1.54) is 0 Å². The molecular weight excluding hydrogens is 371 g/mol. The largest absolute Gasteiger partial charge is 0.475 e. The molecule has 0 bridgehead atoms. The van der Waals surface area contributed by atoms with Crippen molar-refractivity contribution in [2.75, 3.05) is 21.0 Å². The minimum Gasteiger partial charge on any atom is -0.315 e. The van der Waals surface area contributed by atoms with Crippen LogP contribution in [0.25, 0.3) is 0 Å². The molecule has 0 aromatic heterocycles. The molecule has 8 nitrogen and oxygen atoms in total. The first-order valence-corrected chi connectivity index (χ1v) is 9.54. The van der Waals surface area contributed by atoms with Crippen LogP contribution in [0.4, 0.5) is 4.79 Å². The van der Waals surface area contributed by atoms with E-state index < -0.39 is 32.0 Å². The Morgan fingerprint density at radius 1 is 0.926 bits per heavy atom. The molecular formula is C18H19N2O6P. The zero-order chi connectivity index (χ0) is 19.5. The third kappa shape index (κ3) is 3.40. The number of nitrogens with one attached hydrogen (secondary N) is 1. The van der Waals surface area contributed by atoms with Crippen LogP contribution in [0.1, 0.15) is 11.1 Å². The lowest BCUT2D eigenvalue weighted by Gasteiger charge is -2.28. The summed E-state index contributed by atoms with van der Waals surface area (Å²) in [5.41, 5.74) is -0.218. The van der Waals surface area contributed by atoms with E-state index in [2.05, 4.69) is 14.4 Å². The van der Waals surface area contributed by atoms with Crippen molar-refractivity contribution in [1.29, 1.82) is 0 Å². The Bertz CT molecular complexity index is 826. The summed E-state index contributed by atoms with van der Waals surface area (Å²) in [6.07, 6.45) is 0. The predicted molar refractivity (Wildman–Crippen MR) is 96.6 cm³/mol. The van der Waals surface area contributed by atoms with Crippen LogP contribution in [0.15, 0.2) is 60.7 Å². The highest BCUT2D eigenvalue weighted by Crippen LogP contribution is 2.48. The van der Waals surface area contributed by atoms with Crippen molar-refractivity contribution in [3.05, 3.63) is 71.8 Å². The van der Waals surface area contributed by atoms with Gasteiger partial charge in [-0.05, 0) is 11.1 Å². The summed E-state index contributed by atoms with van der Waals surface area (Å²) in [4.78, 5) is 26.7. The number of imide groups is 1. The van der Waals surface area contributed by atoms with E-state index in [1.54, 1.807) is 48.5 Å². The van der Waals surface area contributed by atoms with Crippen molar-refractivity contribution < 1.29 is 27.7 Å². The highest BCUT2D eigenvalue weighted by molar-refractivity contribution is 7.48. The SMILES string of the molecule is COP(=O)(OC)OCN1C(=O)NC(c2ccccc2)(c2ccccc2)C1=O. The molecule has 3 amide bonds. The average molecular weight is 390 g/mol. The minimum atomic E-state index is -3.85. The number of carbonyl (C=O) groups excluding carboxylic acids is 2. The number of phosphoric acid groups is 1. The number of phosphoric ester groups is 1. The normalized spacial score (nSPS) is 16.4. The Hall–Kier alpha value is -2.51. The van der Waals surface area contributed by atoms with Crippen LogP contribution in [0.3, 0.4) is 0 Å². The third-order valence-electron chi connectivity index (χ3n) is 4.31. The summed E-state index contributed by atoms with van der Waals surface area (Å²) in [5.74, 6) is -0.552. The molecule has 2 aromatic rings. The summed E-state index contributed by atoms with van der Waals surface area (Å²) >= 11 is 0. The van der Waals surface area contributed by atoms with Gasteiger partial charge in [-0.1, -0.05) is 60.7 Å². The van der Waals surface area contributed by atoms with Crippen LogP contribution >= 0.6 is 7.82 Å². The molecule has 1 aliphatic heterocycles. The van der Waals surface area contributed by atoms with Gasteiger partial charge in [-0.2, -0.15) is 0 Å². The maximum absolute atomic E-state index is 13.3. The number of rotatable bonds is 7. The molecule has 2 aromatic carbocycles. The molecule has 0 unspecified atom stereocenters. The number of urea groups is 1. The second kappa shape index (κ2) is 7.62. The van der Waals surface area contributed by atoms with Gasteiger partial charge in [-0.15, -0.1) is 0 Å². The molecule has 1 aliphatic rings. The highest BCUT2D eigenvalue weighted by Gasteiger charge is 2.54. The Labute approximate surface area is 156 Å². The standard InChI is InChI=1S/C18H19N2O6P/c1-24-27(23,25-2)26-13-20-16(21)18(19-17(20)22,14-9-5-3-6-10-14)15-11-7-4-8-12-15/h3-12H,13H2,1-2H3,(H,19,22). The van der Waals surface area contributed by atoms with Crippen LogP contribution in [-0.4, -0.2) is 37.8 Å². The zero-order valence-electron chi connectivity index (χ0n) is 14.8. The Kier molecular flexibility index (Phi) is 5.43. The van der Waals surface area contributed by atoms with Gasteiger partial charge in [0.15, 0.2) is 5.54 Å². The summed E-state index contributed by atoms with van der Waals surface area (Å²) in [6, 6.07) is 17.1. The van der Waals surface area contributed by atoms with Crippen molar-refractivity contribution in [2.24, 2.45) is 0 Å². The molecule has 1 fully saturated rings. The van der Waals surface area contributed by atoms with E-state index in [0.717, 1.165) is 19.1 Å². The van der Waals surface area contributed by atoms with Crippen LogP contribution in [0.2, 0.25) is 0 Å². The van der Waals surface area contributed by atoms with Crippen LogP contribution < -0.4 is 5.32 Å². The van der Waals surface area contributed by atoms with Gasteiger partial charge < -0.3 is 5.32 Å². The molecule has 1 N–H and O–H groups in total.